The molecule has 0 aromatic carbocycles. The zero-order chi connectivity index (χ0) is 9.90. The Morgan fingerprint density at radius 1 is 1.50 bits per heavy atom. The van der Waals surface area contributed by atoms with Gasteiger partial charge in [-0.05, 0) is 19.9 Å². The van der Waals surface area contributed by atoms with Crippen molar-refractivity contribution in [1.82, 2.24) is 9.62 Å². The number of likely N-dealkylation sites (N-methyl/N-ethyl adjacent to an activating group) is 1. The summed E-state index contributed by atoms with van der Waals surface area (Å²) in [6.45, 7) is 3.20. The van der Waals surface area contributed by atoms with Crippen LogP contribution in [0.15, 0.2) is 0 Å². The third-order valence-electron chi connectivity index (χ3n) is 2.41. The summed E-state index contributed by atoms with van der Waals surface area (Å²) < 4.78 is 24.8. The van der Waals surface area contributed by atoms with Gasteiger partial charge in [0, 0.05) is 19.1 Å². The van der Waals surface area contributed by atoms with Crippen LogP contribution in [0.1, 0.15) is 19.8 Å². The Morgan fingerprint density at radius 3 is 2.57 bits per heavy atom. The van der Waals surface area contributed by atoms with E-state index in [1.807, 2.05) is 14.0 Å². The average Bonchev–Trinajstić information content (AvgIpc) is 2.52. The fourth-order valence-electron chi connectivity index (χ4n) is 1.60. The molecule has 1 rings (SSSR count). The van der Waals surface area contributed by atoms with E-state index in [4.69, 9.17) is 0 Å². The molecule has 0 aliphatic carbocycles. The Morgan fingerprint density at radius 2 is 2.14 bits per heavy atom. The molecule has 1 saturated heterocycles. The first-order valence-corrected chi connectivity index (χ1v) is 6.36. The maximum Gasteiger partial charge on any atom is 0.214 e. The molecule has 14 heavy (non-hydrogen) atoms. The van der Waals surface area contributed by atoms with E-state index in [0.717, 1.165) is 6.42 Å². The molecule has 0 radical (unpaired) electrons. The summed E-state index contributed by atoms with van der Waals surface area (Å²) in [7, 11) is -1.08. The minimum Gasteiger partial charge on any atom is -0.316 e. The Kier molecular flexibility index (Phi) is 5.97. The quantitative estimate of drug-likeness (QED) is 0.779. The van der Waals surface area contributed by atoms with Gasteiger partial charge in [-0.15, -0.1) is 12.4 Å². The zero-order valence-corrected chi connectivity index (χ0v) is 10.3. The second-order valence-corrected chi connectivity index (χ2v) is 5.54. The van der Waals surface area contributed by atoms with E-state index in [1.165, 1.54) is 0 Å². The van der Waals surface area contributed by atoms with E-state index in [9.17, 15) is 8.42 Å². The van der Waals surface area contributed by atoms with Crippen LogP contribution in [0.5, 0.6) is 0 Å². The van der Waals surface area contributed by atoms with Gasteiger partial charge in [0.05, 0.1) is 5.75 Å². The lowest BCUT2D eigenvalue weighted by Gasteiger charge is -2.15. The molecule has 0 saturated carbocycles. The van der Waals surface area contributed by atoms with Crippen molar-refractivity contribution < 1.29 is 8.42 Å². The van der Waals surface area contributed by atoms with Gasteiger partial charge in [-0.1, -0.05) is 6.92 Å². The number of sulfonamides is 1. The van der Waals surface area contributed by atoms with E-state index < -0.39 is 10.0 Å². The average molecular weight is 243 g/mol. The summed E-state index contributed by atoms with van der Waals surface area (Å²) in [5.41, 5.74) is 0. The Balaban J connectivity index is 0.00000169. The molecule has 86 valence electrons. The normalized spacial score (nSPS) is 23.4. The molecule has 1 unspecified atom stereocenters. The highest BCUT2D eigenvalue weighted by atomic mass is 35.5. The van der Waals surface area contributed by atoms with Crippen LogP contribution in [-0.4, -0.2) is 44.7 Å². The topological polar surface area (TPSA) is 49.4 Å². The molecule has 1 fully saturated rings. The molecule has 1 aliphatic heterocycles. The second-order valence-electron chi connectivity index (χ2n) is 3.45. The number of hydrogen-bond acceptors (Lipinski definition) is 3. The molecule has 0 spiro atoms. The molecule has 0 aromatic heterocycles. The van der Waals surface area contributed by atoms with Crippen LogP contribution >= 0.6 is 12.4 Å². The van der Waals surface area contributed by atoms with Crippen LogP contribution < -0.4 is 5.32 Å². The molecule has 1 aliphatic rings. The van der Waals surface area contributed by atoms with Gasteiger partial charge >= 0.3 is 0 Å². The SMILES string of the molecule is CCCS(=O)(=O)N1CCC(NC)C1.Cl. The van der Waals surface area contributed by atoms with Crippen molar-refractivity contribution in [3.05, 3.63) is 0 Å². The minimum absolute atomic E-state index is 0. The van der Waals surface area contributed by atoms with Crippen molar-refractivity contribution in [2.75, 3.05) is 25.9 Å². The van der Waals surface area contributed by atoms with Crippen molar-refractivity contribution in [3.63, 3.8) is 0 Å². The number of hydrogen-bond donors (Lipinski definition) is 1. The first-order chi connectivity index (χ1) is 6.10. The first kappa shape index (κ1) is 14.2. The van der Waals surface area contributed by atoms with E-state index in [0.29, 0.717) is 25.6 Å². The van der Waals surface area contributed by atoms with E-state index in [2.05, 4.69) is 5.32 Å². The van der Waals surface area contributed by atoms with Gasteiger partial charge in [0.25, 0.3) is 0 Å². The fraction of sp³-hybridized carbons (Fsp3) is 1.00. The Bertz CT molecular complexity index is 256. The number of nitrogens with one attached hydrogen (secondary N) is 1. The van der Waals surface area contributed by atoms with Crippen LogP contribution in [0.2, 0.25) is 0 Å². The summed E-state index contributed by atoms with van der Waals surface area (Å²) in [6, 6.07) is 0.339. The van der Waals surface area contributed by atoms with Crippen LogP contribution in [0.4, 0.5) is 0 Å². The highest BCUT2D eigenvalue weighted by Crippen LogP contribution is 2.14. The van der Waals surface area contributed by atoms with Gasteiger partial charge in [0.1, 0.15) is 0 Å². The summed E-state index contributed by atoms with van der Waals surface area (Å²) in [6.07, 6.45) is 1.63. The first-order valence-electron chi connectivity index (χ1n) is 4.75. The summed E-state index contributed by atoms with van der Waals surface area (Å²) in [5.74, 6) is 0.281. The second kappa shape index (κ2) is 5.90. The lowest BCUT2D eigenvalue weighted by molar-refractivity contribution is 0.464. The molecule has 6 heteroatoms. The van der Waals surface area contributed by atoms with Crippen LogP contribution in [0.25, 0.3) is 0 Å². The maximum atomic E-state index is 11.6. The van der Waals surface area contributed by atoms with E-state index in [1.54, 1.807) is 4.31 Å². The molecular formula is C8H19ClN2O2S. The van der Waals surface area contributed by atoms with Crippen LogP contribution in [-0.2, 0) is 10.0 Å². The van der Waals surface area contributed by atoms with Gasteiger partial charge in [-0.2, -0.15) is 0 Å². The lowest BCUT2D eigenvalue weighted by atomic mass is 10.3. The Hall–Kier alpha value is 0.160. The third kappa shape index (κ3) is 3.38. The number of halogens is 1. The van der Waals surface area contributed by atoms with E-state index in [-0.39, 0.29) is 18.2 Å². The molecule has 4 nitrogen and oxygen atoms in total. The molecule has 1 N–H and O–H groups in total. The number of rotatable bonds is 4. The summed E-state index contributed by atoms with van der Waals surface area (Å²) in [4.78, 5) is 0. The molecule has 0 amide bonds. The van der Waals surface area contributed by atoms with Crippen molar-refractivity contribution in [1.29, 1.82) is 0 Å². The van der Waals surface area contributed by atoms with Crippen molar-refractivity contribution >= 4 is 22.4 Å². The zero-order valence-electron chi connectivity index (χ0n) is 8.69. The molecule has 0 bridgehead atoms. The number of nitrogens with zero attached hydrogens (tertiary/aromatic N) is 1. The highest BCUT2D eigenvalue weighted by molar-refractivity contribution is 7.89. The molecule has 0 aromatic rings. The largest absolute Gasteiger partial charge is 0.316 e. The van der Waals surface area contributed by atoms with Gasteiger partial charge in [0.2, 0.25) is 10.0 Å². The molecule has 1 atom stereocenters. The predicted octanol–water partition coefficient (Wildman–Crippen LogP) is 0.442. The molecule has 1 heterocycles. The van der Waals surface area contributed by atoms with Crippen LogP contribution in [0.3, 0.4) is 0 Å². The van der Waals surface area contributed by atoms with Gasteiger partial charge in [0.15, 0.2) is 0 Å². The highest BCUT2D eigenvalue weighted by Gasteiger charge is 2.29. The lowest BCUT2D eigenvalue weighted by Crippen LogP contribution is -2.34. The minimum atomic E-state index is -2.96. The standard InChI is InChI=1S/C8H18N2O2S.ClH/c1-3-6-13(11,12)10-5-4-8(7-10)9-2;/h8-9H,3-7H2,1-2H3;1H. The third-order valence-corrected chi connectivity index (χ3v) is 4.46. The molecular weight excluding hydrogens is 224 g/mol. The van der Waals surface area contributed by atoms with Crippen molar-refractivity contribution in [2.24, 2.45) is 0 Å². The fourth-order valence-corrected chi connectivity index (χ4v) is 3.17. The van der Waals surface area contributed by atoms with Crippen LogP contribution in [0, 0.1) is 0 Å². The monoisotopic (exact) mass is 242 g/mol. The Labute approximate surface area is 92.5 Å². The van der Waals surface area contributed by atoms with Crippen molar-refractivity contribution in [2.45, 2.75) is 25.8 Å². The van der Waals surface area contributed by atoms with E-state index >= 15 is 0 Å². The summed E-state index contributed by atoms with van der Waals surface area (Å²) >= 11 is 0. The maximum absolute atomic E-state index is 11.6. The van der Waals surface area contributed by atoms with Gasteiger partial charge < -0.3 is 5.32 Å². The predicted molar refractivity (Wildman–Crippen MR) is 60.4 cm³/mol. The smallest absolute Gasteiger partial charge is 0.214 e. The van der Waals surface area contributed by atoms with Gasteiger partial charge in [-0.3, -0.25) is 0 Å². The van der Waals surface area contributed by atoms with Gasteiger partial charge in [-0.25, -0.2) is 12.7 Å². The summed E-state index contributed by atoms with van der Waals surface area (Å²) in [5, 5.41) is 3.10. The van der Waals surface area contributed by atoms with Crippen molar-refractivity contribution in [3.8, 4) is 0 Å².